The molecule has 174 valence electrons. The summed E-state index contributed by atoms with van der Waals surface area (Å²) in [4.78, 5) is 31.2. The lowest BCUT2D eigenvalue weighted by Gasteiger charge is -2.21. The predicted molar refractivity (Wildman–Crippen MR) is 130 cm³/mol. The van der Waals surface area contributed by atoms with Crippen LogP contribution in [-0.4, -0.2) is 45.2 Å². The van der Waals surface area contributed by atoms with Gasteiger partial charge in [0.2, 0.25) is 5.65 Å². The minimum atomic E-state index is -0.324. The van der Waals surface area contributed by atoms with E-state index >= 15 is 0 Å². The lowest BCUT2D eigenvalue weighted by molar-refractivity contribution is 0.0834. The van der Waals surface area contributed by atoms with E-state index in [-0.39, 0.29) is 28.9 Å². The molecule has 1 fully saturated rings. The molecule has 1 N–H and O–H groups in total. The second-order valence-electron chi connectivity index (χ2n) is 9.26. The second-order valence-corrected chi connectivity index (χ2v) is 9.70. The molecule has 1 unspecified atom stereocenters. The van der Waals surface area contributed by atoms with Gasteiger partial charge in [0.1, 0.15) is 5.82 Å². The Morgan fingerprint density at radius 1 is 1.18 bits per heavy atom. The Balaban J connectivity index is 1.48. The Morgan fingerprint density at radius 2 is 1.97 bits per heavy atom. The fourth-order valence-corrected chi connectivity index (χ4v) is 5.44. The monoisotopic (exact) mass is 477 g/mol. The molecule has 9 heteroatoms. The minimum Gasteiger partial charge on any atom is -0.381 e. The number of carbonyl (C=O) groups excluding carboxylic acids is 1. The highest BCUT2D eigenvalue weighted by Crippen LogP contribution is 2.39. The van der Waals surface area contributed by atoms with Crippen molar-refractivity contribution in [1.29, 1.82) is 0 Å². The molecule has 0 aliphatic carbocycles. The summed E-state index contributed by atoms with van der Waals surface area (Å²) in [6.45, 7) is 5.93. The number of rotatable bonds is 2. The van der Waals surface area contributed by atoms with Crippen molar-refractivity contribution in [2.75, 3.05) is 24.7 Å². The SMILES string of the molecule is Cc1cc2c(cc1C(=O)N1CC(C)c3cc(Cl)ccc31)[nH]c(=O)c1nnc(C3CCOCC3)n12. The van der Waals surface area contributed by atoms with Crippen molar-refractivity contribution < 1.29 is 9.53 Å². The number of carbonyl (C=O) groups is 1. The third kappa shape index (κ3) is 3.24. The molecule has 1 atom stereocenters. The van der Waals surface area contributed by atoms with Gasteiger partial charge in [-0.2, -0.15) is 0 Å². The van der Waals surface area contributed by atoms with Crippen LogP contribution in [0.5, 0.6) is 0 Å². The van der Waals surface area contributed by atoms with Crippen molar-refractivity contribution in [3.8, 4) is 0 Å². The number of hydrogen-bond acceptors (Lipinski definition) is 5. The number of halogens is 1. The first-order valence-corrected chi connectivity index (χ1v) is 11.9. The average molecular weight is 478 g/mol. The number of nitrogens with one attached hydrogen (secondary N) is 1. The summed E-state index contributed by atoms with van der Waals surface area (Å²) < 4.78 is 7.34. The summed E-state index contributed by atoms with van der Waals surface area (Å²) in [6.07, 6.45) is 1.67. The summed E-state index contributed by atoms with van der Waals surface area (Å²) in [5, 5.41) is 9.21. The molecule has 2 aliphatic rings. The molecule has 6 rings (SSSR count). The van der Waals surface area contributed by atoms with Gasteiger partial charge in [-0.3, -0.25) is 14.0 Å². The van der Waals surface area contributed by atoms with Gasteiger partial charge in [0.15, 0.2) is 0 Å². The third-order valence-corrected chi connectivity index (χ3v) is 7.29. The number of hydrogen-bond donors (Lipinski definition) is 1. The molecule has 34 heavy (non-hydrogen) atoms. The van der Waals surface area contributed by atoms with Crippen LogP contribution < -0.4 is 10.5 Å². The van der Waals surface area contributed by atoms with Crippen molar-refractivity contribution in [3.05, 3.63) is 68.2 Å². The van der Waals surface area contributed by atoms with E-state index < -0.39 is 0 Å². The first-order valence-electron chi connectivity index (χ1n) is 11.5. The Hall–Kier alpha value is -3.23. The molecule has 0 saturated carbocycles. The Morgan fingerprint density at radius 3 is 2.76 bits per heavy atom. The van der Waals surface area contributed by atoms with Gasteiger partial charge in [-0.05, 0) is 61.2 Å². The van der Waals surface area contributed by atoms with Gasteiger partial charge < -0.3 is 14.6 Å². The quantitative estimate of drug-likeness (QED) is 0.467. The summed E-state index contributed by atoms with van der Waals surface area (Å²) in [5.41, 5.74) is 4.65. The van der Waals surface area contributed by atoms with Crippen molar-refractivity contribution in [2.45, 2.75) is 38.5 Å². The number of fused-ring (bicyclic) bond motifs is 4. The summed E-state index contributed by atoms with van der Waals surface area (Å²) in [7, 11) is 0. The van der Waals surface area contributed by atoms with Crippen LogP contribution >= 0.6 is 11.6 Å². The molecule has 4 heterocycles. The van der Waals surface area contributed by atoms with Gasteiger partial charge >= 0.3 is 0 Å². The van der Waals surface area contributed by atoms with Crippen molar-refractivity contribution in [3.63, 3.8) is 0 Å². The van der Waals surface area contributed by atoms with E-state index in [1.165, 1.54) is 0 Å². The van der Waals surface area contributed by atoms with Crippen LogP contribution in [0, 0.1) is 6.92 Å². The summed E-state index contributed by atoms with van der Waals surface area (Å²) in [5.74, 6) is 1.04. The molecule has 0 spiro atoms. The topological polar surface area (TPSA) is 92.6 Å². The fraction of sp³-hybridized carbons (Fsp3) is 0.360. The maximum Gasteiger partial charge on any atom is 0.294 e. The Labute approximate surface area is 200 Å². The predicted octanol–water partition coefficient (Wildman–Crippen LogP) is 4.19. The standard InChI is InChI=1S/C25H24ClN5O3/c1-13-9-21-19(27-24(32)23-29-28-22(31(21)23)15-5-7-34-8-6-15)11-18(13)25(33)30-12-14(2)17-10-16(26)3-4-20(17)30/h3-4,9-11,14-15H,5-8,12H2,1-2H3,(H,27,32). The lowest BCUT2D eigenvalue weighted by atomic mass is 9.99. The molecular formula is C25H24ClN5O3. The van der Waals surface area contributed by atoms with E-state index in [2.05, 4.69) is 22.1 Å². The van der Waals surface area contributed by atoms with Crippen LogP contribution in [0.1, 0.15) is 58.9 Å². The highest BCUT2D eigenvalue weighted by atomic mass is 35.5. The van der Waals surface area contributed by atoms with Gasteiger partial charge in [-0.25, -0.2) is 0 Å². The first-order chi connectivity index (χ1) is 16.4. The summed E-state index contributed by atoms with van der Waals surface area (Å²) >= 11 is 6.19. The minimum absolute atomic E-state index is 0.0957. The third-order valence-electron chi connectivity index (χ3n) is 7.05. The van der Waals surface area contributed by atoms with Crippen molar-refractivity contribution >= 4 is 39.9 Å². The van der Waals surface area contributed by atoms with Crippen LogP contribution in [0.2, 0.25) is 5.02 Å². The molecular weight excluding hydrogens is 454 g/mol. The van der Waals surface area contributed by atoms with Gasteiger partial charge in [0.05, 0.1) is 11.0 Å². The van der Waals surface area contributed by atoms with Crippen LogP contribution in [0.15, 0.2) is 35.1 Å². The highest BCUT2D eigenvalue weighted by molar-refractivity contribution is 6.30. The molecule has 8 nitrogen and oxygen atoms in total. The van der Waals surface area contributed by atoms with Crippen LogP contribution in [-0.2, 0) is 4.74 Å². The van der Waals surface area contributed by atoms with Gasteiger partial charge in [0.25, 0.3) is 11.5 Å². The van der Waals surface area contributed by atoms with Crippen molar-refractivity contribution in [2.24, 2.45) is 0 Å². The normalized spacial score (nSPS) is 18.7. The molecule has 1 saturated heterocycles. The molecule has 2 aliphatic heterocycles. The van der Waals surface area contributed by atoms with Gasteiger partial charge in [0, 0.05) is 47.9 Å². The maximum absolute atomic E-state index is 13.7. The van der Waals surface area contributed by atoms with E-state index in [1.807, 2.05) is 35.6 Å². The number of aryl methyl sites for hydroxylation is 1. The molecule has 0 radical (unpaired) electrons. The zero-order chi connectivity index (χ0) is 23.6. The van der Waals surface area contributed by atoms with Crippen LogP contribution in [0.25, 0.3) is 16.7 Å². The number of nitrogens with zero attached hydrogens (tertiary/aromatic N) is 4. The number of benzene rings is 2. The first kappa shape index (κ1) is 21.3. The van der Waals surface area contributed by atoms with Crippen LogP contribution in [0.3, 0.4) is 0 Å². The fourth-order valence-electron chi connectivity index (χ4n) is 5.26. The maximum atomic E-state index is 13.7. The second kappa shape index (κ2) is 7.92. The molecule has 2 aromatic carbocycles. The number of H-pyrrole nitrogens is 1. The number of ether oxygens (including phenoxy) is 1. The zero-order valence-corrected chi connectivity index (χ0v) is 19.7. The van der Waals surface area contributed by atoms with E-state index in [9.17, 15) is 9.59 Å². The van der Waals surface area contributed by atoms with Gasteiger partial charge in [-0.15, -0.1) is 10.2 Å². The number of amides is 1. The van der Waals surface area contributed by atoms with E-state index in [0.29, 0.717) is 35.9 Å². The van der Waals surface area contributed by atoms with E-state index in [0.717, 1.165) is 41.0 Å². The number of anilines is 1. The number of aromatic amines is 1. The zero-order valence-electron chi connectivity index (χ0n) is 19.0. The molecule has 0 bridgehead atoms. The van der Waals surface area contributed by atoms with Crippen LogP contribution in [0.4, 0.5) is 5.69 Å². The smallest absolute Gasteiger partial charge is 0.294 e. The van der Waals surface area contributed by atoms with Crippen molar-refractivity contribution in [1.82, 2.24) is 19.6 Å². The highest BCUT2D eigenvalue weighted by Gasteiger charge is 2.32. The lowest BCUT2D eigenvalue weighted by Crippen LogP contribution is -2.30. The Bertz CT molecular complexity index is 1520. The van der Waals surface area contributed by atoms with Gasteiger partial charge in [-0.1, -0.05) is 18.5 Å². The van der Waals surface area contributed by atoms with E-state index in [4.69, 9.17) is 16.3 Å². The Kier molecular flexibility index (Phi) is 4.97. The summed E-state index contributed by atoms with van der Waals surface area (Å²) in [6, 6.07) is 9.36. The molecule has 4 aromatic rings. The average Bonchev–Trinajstić information content (AvgIpc) is 3.42. The van der Waals surface area contributed by atoms with E-state index in [1.54, 1.807) is 11.0 Å². The number of aromatic nitrogens is 4. The largest absolute Gasteiger partial charge is 0.381 e. The molecule has 2 aromatic heterocycles. The molecule has 1 amide bonds.